The highest BCUT2D eigenvalue weighted by atomic mass is 19.1. The van der Waals surface area contributed by atoms with Gasteiger partial charge in [0.25, 0.3) is 5.91 Å². The SMILES string of the molecule is O=C(NCc1c[nH]c2ccc(F)cc12)c1cc2c(nn1)CCCC2. The van der Waals surface area contributed by atoms with Gasteiger partial charge in [-0.15, -0.1) is 5.10 Å². The maximum absolute atomic E-state index is 13.4. The largest absolute Gasteiger partial charge is 0.361 e. The molecule has 0 aliphatic heterocycles. The summed E-state index contributed by atoms with van der Waals surface area (Å²) in [5.74, 6) is -0.558. The highest BCUT2D eigenvalue weighted by Crippen LogP contribution is 2.20. The number of rotatable bonds is 3. The van der Waals surface area contributed by atoms with Crippen molar-refractivity contribution in [2.75, 3.05) is 0 Å². The highest BCUT2D eigenvalue weighted by Gasteiger charge is 2.16. The van der Waals surface area contributed by atoms with Crippen LogP contribution in [0.15, 0.2) is 30.5 Å². The Hall–Kier alpha value is -2.76. The van der Waals surface area contributed by atoms with Gasteiger partial charge in [0, 0.05) is 23.6 Å². The summed E-state index contributed by atoms with van der Waals surface area (Å²) in [7, 11) is 0. The summed E-state index contributed by atoms with van der Waals surface area (Å²) in [6.07, 6.45) is 5.92. The van der Waals surface area contributed by atoms with Crippen LogP contribution in [0.4, 0.5) is 4.39 Å². The van der Waals surface area contributed by atoms with Crippen molar-refractivity contribution < 1.29 is 9.18 Å². The van der Waals surface area contributed by atoms with E-state index >= 15 is 0 Å². The van der Waals surface area contributed by atoms with Crippen molar-refractivity contribution in [2.45, 2.75) is 32.2 Å². The first-order valence-electron chi connectivity index (χ1n) is 8.10. The summed E-state index contributed by atoms with van der Waals surface area (Å²) in [6, 6.07) is 6.40. The van der Waals surface area contributed by atoms with Crippen LogP contribution in [0, 0.1) is 5.82 Å². The average molecular weight is 324 g/mol. The number of nitrogens with zero attached hydrogens (tertiary/aromatic N) is 2. The molecule has 0 unspecified atom stereocenters. The lowest BCUT2D eigenvalue weighted by molar-refractivity contribution is 0.0945. The summed E-state index contributed by atoms with van der Waals surface area (Å²) in [5, 5.41) is 11.8. The van der Waals surface area contributed by atoms with Crippen molar-refractivity contribution in [1.82, 2.24) is 20.5 Å². The number of H-pyrrole nitrogens is 1. The number of amides is 1. The molecule has 4 rings (SSSR count). The Kier molecular flexibility index (Phi) is 3.72. The first-order valence-corrected chi connectivity index (χ1v) is 8.10. The molecular formula is C18H17FN4O. The van der Waals surface area contributed by atoms with Crippen LogP contribution in [0.3, 0.4) is 0 Å². The van der Waals surface area contributed by atoms with E-state index in [0.29, 0.717) is 12.2 Å². The normalized spacial score (nSPS) is 13.7. The van der Waals surface area contributed by atoms with Crippen molar-refractivity contribution in [1.29, 1.82) is 0 Å². The van der Waals surface area contributed by atoms with Gasteiger partial charge in [0.2, 0.25) is 0 Å². The zero-order valence-corrected chi connectivity index (χ0v) is 13.1. The van der Waals surface area contributed by atoms with E-state index in [9.17, 15) is 9.18 Å². The van der Waals surface area contributed by atoms with Crippen molar-refractivity contribution in [3.63, 3.8) is 0 Å². The molecule has 0 spiro atoms. The second kappa shape index (κ2) is 6.03. The molecule has 24 heavy (non-hydrogen) atoms. The summed E-state index contributed by atoms with van der Waals surface area (Å²) < 4.78 is 13.4. The van der Waals surface area contributed by atoms with E-state index in [4.69, 9.17) is 0 Å². The molecule has 1 amide bonds. The number of carbonyl (C=O) groups excluding carboxylic acids is 1. The molecule has 0 radical (unpaired) electrons. The van der Waals surface area contributed by atoms with Gasteiger partial charge in [0.15, 0.2) is 5.69 Å². The quantitative estimate of drug-likeness (QED) is 0.778. The van der Waals surface area contributed by atoms with Gasteiger partial charge in [-0.3, -0.25) is 4.79 Å². The van der Waals surface area contributed by atoms with E-state index in [1.165, 1.54) is 12.1 Å². The van der Waals surface area contributed by atoms with Crippen LogP contribution in [0.1, 0.15) is 40.2 Å². The lowest BCUT2D eigenvalue weighted by atomic mass is 9.96. The molecule has 6 heteroatoms. The molecule has 2 N–H and O–H groups in total. The molecule has 1 aliphatic carbocycles. The Bertz CT molecular complexity index is 919. The van der Waals surface area contributed by atoms with Crippen LogP contribution < -0.4 is 5.32 Å². The lowest BCUT2D eigenvalue weighted by Crippen LogP contribution is -2.25. The maximum atomic E-state index is 13.4. The van der Waals surface area contributed by atoms with Gasteiger partial charge in [-0.1, -0.05) is 0 Å². The number of nitrogens with one attached hydrogen (secondary N) is 2. The predicted molar refractivity (Wildman–Crippen MR) is 88.1 cm³/mol. The third-order valence-electron chi connectivity index (χ3n) is 4.47. The molecule has 2 heterocycles. The van der Waals surface area contributed by atoms with E-state index in [1.54, 1.807) is 12.3 Å². The minimum Gasteiger partial charge on any atom is -0.361 e. The monoisotopic (exact) mass is 324 g/mol. The summed E-state index contributed by atoms with van der Waals surface area (Å²) in [5.41, 5.74) is 4.14. The molecule has 3 aromatic rings. The molecule has 0 saturated heterocycles. The number of benzene rings is 1. The van der Waals surface area contributed by atoms with Gasteiger partial charge in [-0.05, 0) is 61.1 Å². The first kappa shape index (κ1) is 14.8. The van der Waals surface area contributed by atoms with Gasteiger partial charge in [0.1, 0.15) is 5.82 Å². The van der Waals surface area contributed by atoms with E-state index in [1.807, 2.05) is 6.07 Å². The molecule has 0 saturated carbocycles. The molecule has 2 aromatic heterocycles. The maximum Gasteiger partial charge on any atom is 0.272 e. The fourth-order valence-corrected chi connectivity index (χ4v) is 3.16. The molecule has 0 atom stereocenters. The standard InChI is InChI=1S/C18H17FN4O/c19-13-5-6-16-14(8-13)12(9-20-16)10-21-18(24)17-7-11-3-1-2-4-15(11)22-23-17/h5-9,20H,1-4,10H2,(H,21,24). The van der Waals surface area contributed by atoms with Crippen molar-refractivity contribution >= 4 is 16.8 Å². The predicted octanol–water partition coefficient (Wildman–Crippen LogP) is 2.91. The topological polar surface area (TPSA) is 70.7 Å². The molecule has 122 valence electrons. The van der Waals surface area contributed by atoms with Crippen LogP contribution in [-0.4, -0.2) is 21.1 Å². The Morgan fingerprint density at radius 1 is 1.21 bits per heavy atom. The number of halogens is 1. The van der Waals surface area contributed by atoms with E-state index < -0.39 is 0 Å². The molecular weight excluding hydrogens is 307 g/mol. The third kappa shape index (κ3) is 2.75. The number of aromatic amines is 1. The Balaban J connectivity index is 1.51. The van der Waals surface area contributed by atoms with Crippen LogP contribution in [0.25, 0.3) is 10.9 Å². The fraction of sp³-hybridized carbons (Fsp3) is 0.278. The summed E-state index contributed by atoms with van der Waals surface area (Å²) >= 11 is 0. The zero-order valence-electron chi connectivity index (χ0n) is 13.1. The fourth-order valence-electron chi connectivity index (χ4n) is 3.16. The van der Waals surface area contributed by atoms with Crippen molar-refractivity contribution in [3.8, 4) is 0 Å². The summed E-state index contributed by atoms with van der Waals surface area (Å²) in [6.45, 7) is 0.307. The number of aromatic nitrogens is 3. The molecule has 1 aromatic carbocycles. The van der Waals surface area contributed by atoms with Crippen molar-refractivity contribution in [2.24, 2.45) is 0 Å². The molecule has 1 aliphatic rings. The van der Waals surface area contributed by atoms with Crippen molar-refractivity contribution in [3.05, 3.63) is 58.8 Å². The van der Waals surface area contributed by atoms with Gasteiger partial charge >= 0.3 is 0 Å². The van der Waals surface area contributed by atoms with Crippen LogP contribution in [0.2, 0.25) is 0 Å². The van der Waals surface area contributed by atoms with E-state index in [-0.39, 0.29) is 11.7 Å². The Morgan fingerprint density at radius 3 is 3.00 bits per heavy atom. The third-order valence-corrected chi connectivity index (χ3v) is 4.47. The highest BCUT2D eigenvalue weighted by molar-refractivity contribution is 5.92. The van der Waals surface area contributed by atoms with Crippen LogP contribution in [-0.2, 0) is 19.4 Å². The summed E-state index contributed by atoms with van der Waals surface area (Å²) in [4.78, 5) is 15.4. The number of hydrogen-bond acceptors (Lipinski definition) is 3. The van der Waals surface area contributed by atoms with Crippen LogP contribution >= 0.6 is 0 Å². The number of aryl methyl sites for hydroxylation is 2. The molecule has 5 nitrogen and oxygen atoms in total. The van der Waals surface area contributed by atoms with Gasteiger partial charge in [-0.2, -0.15) is 5.10 Å². The molecule has 0 bridgehead atoms. The first-order chi connectivity index (χ1) is 11.7. The smallest absolute Gasteiger partial charge is 0.272 e. The van der Waals surface area contributed by atoms with Gasteiger partial charge in [0.05, 0.1) is 5.69 Å². The number of hydrogen-bond donors (Lipinski definition) is 2. The average Bonchev–Trinajstić information content (AvgIpc) is 3.01. The van der Waals surface area contributed by atoms with E-state index in [2.05, 4.69) is 20.5 Å². The number of fused-ring (bicyclic) bond motifs is 2. The second-order valence-electron chi connectivity index (χ2n) is 6.10. The lowest BCUT2D eigenvalue weighted by Gasteiger charge is -2.14. The van der Waals surface area contributed by atoms with E-state index in [0.717, 1.165) is 53.4 Å². The number of carbonyl (C=O) groups is 1. The van der Waals surface area contributed by atoms with Gasteiger partial charge in [-0.25, -0.2) is 4.39 Å². The minimum absolute atomic E-state index is 0.262. The Morgan fingerprint density at radius 2 is 2.08 bits per heavy atom. The molecule has 0 fully saturated rings. The second-order valence-corrected chi connectivity index (χ2v) is 6.10. The minimum atomic E-state index is -0.296. The Labute approximate surface area is 138 Å². The zero-order chi connectivity index (χ0) is 16.5. The van der Waals surface area contributed by atoms with Gasteiger partial charge < -0.3 is 10.3 Å². The van der Waals surface area contributed by atoms with Crippen LogP contribution in [0.5, 0.6) is 0 Å².